The van der Waals surface area contributed by atoms with E-state index in [2.05, 4.69) is 31.3 Å². The Kier molecular flexibility index (Phi) is 5.37. The fraction of sp³-hybridized carbons (Fsp3) is 0.588. The molecule has 2 fully saturated rings. The molecule has 1 N–H and O–H groups in total. The minimum Gasteiger partial charge on any atom is -0.333 e. The molecule has 1 amide bonds. The lowest BCUT2D eigenvalue weighted by Gasteiger charge is -2.38. The van der Waals surface area contributed by atoms with Gasteiger partial charge in [0, 0.05) is 30.7 Å². The van der Waals surface area contributed by atoms with Gasteiger partial charge in [0.05, 0.1) is 4.58 Å². The summed E-state index contributed by atoms with van der Waals surface area (Å²) >= 11 is 4.04. The van der Waals surface area contributed by atoms with E-state index in [1.54, 1.807) is 0 Å². The Morgan fingerprint density at radius 3 is 2.55 bits per heavy atom. The van der Waals surface area contributed by atoms with Gasteiger partial charge < -0.3 is 10.2 Å². The van der Waals surface area contributed by atoms with Crippen molar-refractivity contribution >= 4 is 29.4 Å². The second kappa shape index (κ2) is 7.28. The summed E-state index contributed by atoms with van der Waals surface area (Å²) in [5.41, 5.74) is 2.16. The standard InChI is InChI=1S/C17H24N2OS2/c1-12-13(2)19(9-8-18-12)16(20)14-4-6-15(7-5-14)17-21-10-3-11-22-17/h4-7,12-13,17-18H,3,8-11H2,1-2H3. The van der Waals surface area contributed by atoms with Crippen molar-refractivity contribution in [2.24, 2.45) is 0 Å². The number of hydrogen-bond donors (Lipinski definition) is 1. The van der Waals surface area contributed by atoms with Crippen molar-refractivity contribution in [2.75, 3.05) is 24.6 Å². The molecule has 2 heterocycles. The van der Waals surface area contributed by atoms with Gasteiger partial charge >= 0.3 is 0 Å². The summed E-state index contributed by atoms with van der Waals surface area (Å²) in [4.78, 5) is 14.7. The molecule has 0 bridgehead atoms. The molecular formula is C17H24N2OS2. The summed E-state index contributed by atoms with van der Waals surface area (Å²) in [5, 5.41) is 3.42. The Labute approximate surface area is 141 Å². The highest BCUT2D eigenvalue weighted by Gasteiger charge is 2.28. The number of thioether (sulfide) groups is 2. The Morgan fingerprint density at radius 1 is 1.18 bits per heavy atom. The molecule has 1 aromatic rings. The van der Waals surface area contributed by atoms with Crippen LogP contribution in [0.25, 0.3) is 0 Å². The van der Waals surface area contributed by atoms with Crippen LogP contribution in [0, 0.1) is 0 Å². The van der Waals surface area contributed by atoms with Crippen molar-refractivity contribution in [1.29, 1.82) is 0 Å². The molecule has 120 valence electrons. The summed E-state index contributed by atoms with van der Waals surface area (Å²) in [5.74, 6) is 2.65. The fourth-order valence-corrected chi connectivity index (χ4v) is 5.87. The summed E-state index contributed by atoms with van der Waals surface area (Å²) < 4.78 is 0.538. The number of rotatable bonds is 2. The normalized spacial score (nSPS) is 26.9. The number of nitrogens with one attached hydrogen (secondary N) is 1. The molecule has 22 heavy (non-hydrogen) atoms. The number of carbonyl (C=O) groups excluding carboxylic acids is 1. The van der Waals surface area contributed by atoms with Crippen LogP contribution in [0.3, 0.4) is 0 Å². The third kappa shape index (κ3) is 3.47. The van der Waals surface area contributed by atoms with Crippen LogP contribution in [0.5, 0.6) is 0 Å². The molecule has 0 saturated carbocycles. The minimum atomic E-state index is 0.163. The average Bonchev–Trinajstić information content (AvgIpc) is 2.58. The second-order valence-corrected chi connectivity index (χ2v) is 8.76. The van der Waals surface area contributed by atoms with Gasteiger partial charge in [0.25, 0.3) is 5.91 Å². The Bertz CT molecular complexity index is 514. The molecule has 2 atom stereocenters. The predicted molar refractivity (Wildman–Crippen MR) is 96.7 cm³/mol. The van der Waals surface area contributed by atoms with Gasteiger partial charge in [-0.25, -0.2) is 0 Å². The maximum Gasteiger partial charge on any atom is 0.254 e. The molecule has 1 aromatic carbocycles. The van der Waals surface area contributed by atoms with Crippen LogP contribution >= 0.6 is 23.5 Å². The average molecular weight is 337 g/mol. The lowest BCUT2D eigenvalue weighted by molar-refractivity contribution is 0.0603. The molecule has 5 heteroatoms. The summed E-state index contributed by atoms with van der Waals surface area (Å²) in [6.45, 7) is 5.94. The first-order valence-corrected chi connectivity index (χ1v) is 10.1. The van der Waals surface area contributed by atoms with Crippen molar-refractivity contribution in [3.05, 3.63) is 35.4 Å². The second-order valence-electron chi connectivity index (χ2n) is 6.03. The topological polar surface area (TPSA) is 32.3 Å². The highest BCUT2D eigenvalue weighted by molar-refractivity contribution is 8.16. The van der Waals surface area contributed by atoms with Crippen LogP contribution in [-0.2, 0) is 0 Å². The van der Waals surface area contributed by atoms with Crippen molar-refractivity contribution in [1.82, 2.24) is 10.2 Å². The van der Waals surface area contributed by atoms with Crippen LogP contribution < -0.4 is 5.32 Å². The molecule has 0 aliphatic carbocycles. The molecule has 2 unspecified atom stereocenters. The summed E-state index contributed by atoms with van der Waals surface area (Å²) in [6, 6.07) is 8.89. The van der Waals surface area contributed by atoms with Gasteiger partial charge in [-0.3, -0.25) is 4.79 Å². The van der Waals surface area contributed by atoms with E-state index in [0.717, 1.165) is 18.7 Å². The number of amides is 1. The minimum absolute atomic E-state index is 0.163. The smallest absolute Gasteiger partial charge is 0.254 e. The van der Waals surface area contributed by atoms with E-state index in [-0.39, 0.29) is 11.9 Å². The molecule has 2 saturated heterocycles. The van der Waals surface area contributed by atoms with E-state index in [4.69, 9.17) is 0 Å². The quantitative estimate of drug-likeness (QED) is 0.897. The molecule has 0 radical (unpaired) electrons. The molecular weight excluding hydrogens is 312 g/mol. The molecule has 0 spiro atoms. The predicted octanol–water partition coefficient (Wildman–Crippen LogP) is 3.38. The van der Waals surface area contributed by atoms with Crippen molar-refractivity contribution in [3.8, 4) is 0 Å². The van der Waals surface area contributed by atoms with Crippen LogP contribution in [-0.4, -0.2) is 47.5 Å². The fourth-order valence-electron chi connectivity index (χ4n) is 2.97. The maximum absolute atomic E-state index is 12.7. The first kappa shape index (κ1) is 16.2. The Morgan fingerprint density at radius 2 is 1.86 bits per heavy atom. The third-order valence-corrected chi connectivity index (χ3v) is 7.57. The van der Waals surface area contributed by atoms with Gasteiger partial charge in [0.15, 0.2) is 0 Å². The Balaban J connectivity index is 1.70. The lowest BCUT2D eigenvalue weighted by atomic mass is 10.0. The largest absolute Gasteiger partial charge is 0.333 e. The molecule has 2 aliphatic rings. The lowest BCUT2D eigenvalue weighted by Crippen LogP contribution is -2.57. The highest BCUT2D eigenvalue weighted by Crippen LogP contribution is 2.43. The SMILES string of the molecule is CC1NCCN(C(=O)c2ccc(C3SCCCS3)cc2)C1C. The third-order valence-electron chi connectivity index (χ3n) is 4.55. The molecule has 2 aliphatic heterocycles. The van der Waals surface area contributed by atoms with Crippen LogP contribution in [0.4, 0.5) is 0 Å². The van der Waals surface area contributed by atoms with Crippen LogP contribution in [0.15, 0.2) is 24.3 Å². The number of carbonyl (C=O) groups is 1. The zero-order valence-electron chi connectivity index (χ0n) is 13.2. The van der Waals surface area contributed by atoms with Gasteiger partial charge in [0.1, 0.15) is 0 Å². The highest BCUT2D eigenvalue weighted by atomic mass is 32.2. The maximum atomic E-state index is 12.7. The van der Waals surface area contributed by atoms with Crippen molar-refractivity contribution in [2.45, 2.75) is 36.9 Å². The van der Waals surface area contributed by atoms with Crippen LogP contribution in [0.2, 0.25) is 0 Å². The molecule has 3 nitrogen and oxygen atoms in total. The van der Waals surface area contributed by atoms with E-state index in [0.29, 0.717) is 10.6 Å². The van der Waals surface area contributed by atoms with Crippen molar-refractivity contribution in [3.63, 3.8) is 0 Å². The van der Waals surface area contributed by atoms with Crippen LogP contribution in [0.1, 0.15) is 40.8 Å². The summed E-state index contributed by atoms with van der Waals surface area (Å²) in [7, 11) is 0. The number of nitrogens with zero attached hydrogens (tertiary/aromatic N) is 1. The van der Waals surface area contributed by atoms with E-state index in [1.807, 2.05) is 40.6 Å². The number of hydrogen-bond acceptors (Lipinski definition) is 4. The van der Waals surface area contributed by atoms with Crippen molar-refractivity contribution < 1.29 is 4.79 Å². The monoisotopic (exact) mass is 336 g/mol. The zero-order chi connectivity index (χ0) is 15.5. The van der Waals surface area contributed by atoms with E-state index >= 15 is 0 Å². The summed E-state index contributed by atoms with van der Waals surface area (Å²) in [6.07, 6.45) is 1.31. The van der Waals surface area contributed by atoms with E-state index in [1.165, 1.54) is 23.5 Å². The zero-order valence-corrected chi connectivity index (χ0v) is 14.9. The molecule has 0 aromatic heterocycles. The number of piperazine rings is 1. The first-order chi connectivity index (χ1) is 10.7. The van der Waals surface area contributed by atoms with Gasteiger partial charge in [-0.05, 0) is 49.5 Å². The van der Waals surface area contributed by atoms with Gasteiger partial charge in [-0.1, -0.05) is 12.1 Å². The number of benzene rings is 1. The van der Waals surface area contributed by atoms with Gasteiger partial charge in [0.2, 0.25) is 0 Å². The van der Waals surface area contributed by atoms with Gasteiger partial charge in [-0.15, -0.1) is 23.5 Å². The van der Waals surface area contributed by atoms with E-state index < -0.39 is 0 Å². The Hall–Kier alpha value is -0.650. The van der Waals surface area contributed by atoms with E-state index in [9.17, 15) is 4.79 Å². The first-order valence-electron chi connectivity index (χ1n) is 8.04. The van der Waals surface area contributed by atoms with Gasteiger partial charge in [-0.2, -0.15) is 0 Å². The molecule has 3 rings (SSSR count).